The van der Waals surface area contributed by atoms with Gasteiger partial charge in [-0.15, -0.1) is 0 Å². The average molecular weight is 430 g/mol. The number of nitrogens with zero attached hydrogens (tertiary/aromatic N) is 3. The Balaban J connectivity index is 1.36. The van der Waals surface area contributed by atoms with Crippen LogP contribution < -0.4 is 20.1 Å². The van der Waals surface area contributed by atoms with Crippen molar-refractivity contribution in [1.82, 2.24) is 14.9 Å². The van der Waals surface area contributed by atoms with E-state index in [9.17, 15) is 0 Å². The van der Waals surface area contributed by atoms with Gasteiger partial charge in [0.05, 0.1) is 31.6 Å². The number of aromatic nitrogens is 2. The molecule has 1 heterocycles. The second-order valence-electron chi connectivity index (χ2n) is 7.30. The second-order valence-corrected chi connectivity index (χ2v) is 7.30. The molecule has 2 N–H and O–H groups in total. The van der Waals surface area contributed by atoms with Gasteiger partial charge in [0, 0.05) is 31.9 Å². The molecule has 0 spiro atoms. The lowest BCUT2D eigenvalue weighted by Gasteiger charge is -2.14. The molecule has 4 aromatic rings. The van der Waals surface area contributed by atoms with Crippen LogP contribution in [0.4, 0.5) is 5.69 Å². The number of nitrogens with one attached hydrogen (secondary N) is 2. The number of rotatable bonds is 7. The second kappa shape index (κ2) is 9.87. The minimum atomic E-state index is 0.654. The van der Waals surface area contributed by atoms with E-state index >= 15 is 0 Å². The number of fused-ring (bicyclic) bond motifs is 1. The van der Waals surface area contributed by atoms with Gasteiger partial charge in [0.2, 0.25) is 0 Å². The summed E-state index contributed by atoms with van der Waals surface area (Å²) in [5.74, 6) is 2.02. The molecule has 0 radical (unpaired) electrons. The number of para-hydroxylation sites is 2. The smallest absolute Gasteiger partial charge is 0.195 e. The fraction of sp³-hybridized carbons (Fsp3) is 0.200. The van der Waals surface area contributed by atoms with Gasteiger partial charge in [0.1, 0.15) is 0 Å². The van der Waals surface area contributed by atoms with Gasteiger partial charge in [0.15, 0.2) is 17.5 Å². The third-order valence-corrected chi connectivity index (χ3v) is 5.23. The van der Waals surface area contributed by atoms with Crippen LogP contribution in [-0.4, -0.2) is 36.8 Å². The summed E-state index contributed by atoms with van der Waals surface area (Å²) in [5, 5.41) is 6.62. The van der Waals surface area contributed by atoms with Gasteiger partial charge in [-0.1, -0.05) is 36.4 Å². The van der Waals surface area contributed by atoms with Crippen molar-refractivity contribution in [3.8, 4) is 11.5 Å². The Labute approximate surface area is 187 Å². The molecule has 0 amide bonds. The lowest BCUT2D eigenvalue weighted by Crippen LogP contribution is -2.30. The molecule has 0 bridgehead atoms. The van der Waals surface area contributed by atoms with Crippen LogP contribution in [-0.2, 0) is 13.1 Å². The minimum Gasteiger partial charge on any atom is -0.493 e. The van der Waals surface area contributed by atoms with Crippen LogP contribution in [0.1, 0.15) is 11.1 Å². The van der Waals surface area contributed by atoms with Crippen molar-refractivity contribution in [1.29, 1.82) is 0 Å². The largest absolute Gasteiger partial charge is 0.493 e. The summed E-state index contributed by atoms with van der Waals surface area (Å²) in [6.07, 6.45) is 1.89. The third-order valence-electron chi connectivity index (χ3n) is 5.23. The maximum Gasteiger partial charge on any atom is 0.195 e. The number of hydrogen-bond donors (Lipinski definition) is 2. The predicted octanol–water partition coefficient (Wildman–Crippen LogP) is 4.29. The molecule has 1 aromatic heterocycles. The first kappa shape index (κ1) is 21.2. The quantitative estimate of drug-likeness (QED) is 0.339. The van der Waals surface area contributed by atoms with E-state index in [0.29, 0.717) is 24.0 Å². The van der Waals surface area contributed by atoms with Gasteiger partial charge in [-0.3, -0.25) is 4.99 Å². The molecule has 7 heteroatoms. The van der Waals surface area contributed by atoms with Gasteiger partial charge >= 0.3 is 0 Å². The Morgan fingerprint density at radius 2 is 1.69 bits per heavy atom. The molecular weight excluding hydrogens is 402 g/mol. The standard InChI is InChI=1S/C25H27N5O2/c1-26-25(29-20-12-13-23(31-2)24(14-20)32-3)27-15-18-8-10-19(11-9-18)16-30-17-28-21-6-4-5-7-22(21)30/h4-14,17H,15-16H2,1-3H3,(H2,26,27,29). The Morgan fingerprint density at radius 3 is 2.44 bits per heavy atom. The molecule has 164 valence electrons. The number of imidazole rings is 1. The summed E-state index contributed by atoms with van der Waals surface area (Å²) >= 11 is 0. The lowest BCUT2D eigenvalue weighted by atomic mass is 10.1. The molecule has 0 saturated heterocycles. The van der Waals surface area contributed by atoms with E-state index in [1.54, 1.807) is 21.3 Å². The van der Waals surface area contributed by atoms with E-state index in [2.05, 4.69) is 55.5 Å². The number of methoxy groups -OCH3 is 2. The van der Waals surface area contributed by atoms with Crippen LogP contribution in [0.3, 0.4) is 0 Å². The van der Waals surface area contributed by atoms with Crippen LogP contribution in [0.2, 0.25) is 0 Å². The highest BCUT2D eigenvalue weighted by atomic mass is 16.5. The number of benzene rings is 3. The van der Waals surface area contributed by atoms with Crippen molar-refractivity contribution < 1.29 is 9.47 Å². The highest BCUT2D eigenvalue weighted by Crippen LogP contribution is 2.29. The fourth-order valence-corrected chi connectivity index (χ4v) is 3.51. The van der Waals surface area contributed by atoms with E-state index in [-0.39, 0.29) is 0 Å². The van der Waals surface area contributed by atoms with Gasteiger partial charge in [0.25, 0.3) is 0 Å². The van der Waals surface area contributed by atoms with Crippen LogP contribution in [0.15, 0.2) is 78.0 Å². The molecule has 4 rings (SSSR count). The van der Waals surface area contributed by atoms with Crippen molar-refractivity contribution in [2.45, 2.75) is 13.1 Å². The first-order chi connectivity index (χ1) is 15.7. The molecule has 0 aliphatic heterocycles. The van der Waals surface area contributed by atoms with Crippen molar-refractivity contribution in [2.24, 2.45) is 4.99 Å². The van der Waals surface area contributed by atoms with E-state index in [0.717, 1.165) is 23.3 Å². The first-order valence-corrected chi connectivity index (χ1v) is 10.4. The normalized spacial score (nSPS) is 11.4. The first-order valence-electron chi connectivity index (χ1n) is 10.4. The molecule has 0 aliphatic rings. The van der Waals surface area contributed by atoms with E-state index in [1.807, 2.05) is 42.7 Å². The maximum atomic E-state index is 5.36. The van der Waals surface area contributed by atoms with E-state index in [4.69, 9.17) is 9.47 Å². The number of ether oxygens (including phenoxy) is 2. The van der Waals surface area contributed by atoms with Crippen molar-refractivity contribution >= 4 is 22.7 Å². The van der Waals surface area contributed by atoms with Crippen LogP contribution >= 0.6 is 0 Å². The minimum absolute atomic E-state index is 0.654. The van der Waals surface area contributed by atoms with Gasteiger partial charge < -0.3 is 24.7 Å². The molecule has 0 atom stereocenters. The Hall–Kier alpha value is -4.00. The van der Waals surface area contributed by atoms with Gasteiger partial charge in [-0.05, 0) is 35.4 Å². The SMILES string of the molecule is CN=C(NCc1ccc(Cn2cnc3ccccc32)cc1)Nc1ccc(OC)c(OC)c1. The number of hydrogen-bond acceptors (Lipinski definition) is 4. The van der Waals surface area contributed by atoms with Crippen LogP contribution in [0.5, 0.6) is 11.5 Å². The lowest BCUT2D eigenvalue weighted by molar-refractivity contribution is 0.355. The zero-order valence-electron chi connectivity index (χ0n) is 18.5. The monoisotopic (exact) mass is 429 g/mol. The van der Waals surface area contributed by atoms with Gasteiger partial charge in [-0.25, -0.2) is 4.98 Å². The highest BCUT2D eigenvalue weighted by Gasteiger charge is 2.07. The molecule has 0 aliphatic carbocycles. The maximum absolute atomic E-state index is 5.36. The number of guanidine groups is 1. The molecule has 0 unspecified atom stereocenters. The zero-order chi connectivity index (χ0) is 22.3. The molecule has 32 heavy (non-hydrogen) atoms. The molecular formula is C25H27N5O2. The molecule has 3 aromatic carbocycles. The molecule has 0 fully saturated rings. The Kier molecular flexibility index (Phi) is 6.55. The number of aliphatic imine (C=N–C) groups is 1. The summed E-state index contributed by atoms with van der Waals surface area (Å²) in [5.41, 5.74) is 5.41. The highest BCUT2D eigenvalue weighted by molar-refractivity contribution is 5.93. The van der Waals surface area contributed by atoms with Crippen molar-refractivity contribution in [3.05, 3.63) is 84.2 Å². The van der Waals surface area contributed by atoms with E-state index < -0.39 is 0 Å². The Morgan fingerprint density at radius 1 is 0.938 bits per heavy atom. The average Bonchev–Trinajstić information content (AvgIpc) is 3.25. The Bertz CT molecular complexity index is 1210. The van der Waals surface area contributed by atoms with Crippen LogP contribution in [0, 0.1) is 0 Å². The summed E-state index contributed by atoms with van der Waals surface area (Å²) in [6.45, 7) is 1.44. The summed E-state index contributed by atoms with van der Waals surface area (Å²) in [7, 11) is 4.98. The van der Waals surface area contributed by atoms with Crippen LogP contribution in [0.25, 0.3) is 11.0 Å². The van der Waals surface area contributed by atoms with Crippen molar-refractivity contribution in [3.63, 3.8) is 0 Å². The topological polar surface area (TPSA) is 72.7 Å². The summed E-state index contributed by atoms with van der Waals surface area (Å²) in [4.78, 5) is 8.77. The number of anilines is 1. The fourth-order valence-electron chi connectivity index (χ4n) is 3.51. The third kappa shape index (κ3) is 4.83. The van der Waals surface area contributed by atoms with Gasteiger partial charge in [-0.2, -0.15) is 0 Å². The molecule has 7 nitrogen and oxygen atoms in total. The summed E-state index contributed by atoms with van der Waals surface area (Å²) in [6, 6.07) is 22.4. The zero-order valence-corrected chi connectivity index (χ0v) is 18.5. The van der Waals surface area contributed by atoms with Crippen molar-refractivity contribution in [2.75, 3.05) is 26.6 Å². The van der Waals surface area contributed by atoms with E-state index in [1.165, 1.54) is 11.1 Å². The molecule has 0 saturated carbocycles. The summed E-state index contributed by atoms with van der Waals surface area (Å²) < 4.78 is 12.8. The predicted molar refractivity (Wildman–Crippen MR) is 129 cm³/mol.